The number of rotatable bonds is 5. The number of nitrogens with two attached hydrogens (primary N) is 1. The van der Waals surface area contributed by atoms with Crippen LogP contribution in [0.4, 0.5) is 0 Å². The second kappa shape index (κ2) is 10.1. The molecule has 1 aliphatic heterocycles. The van der Waals surface area contributed by atoms with E-state index < -0.39 is 0 Å². The minimum absolute atomic E-state index is 0. The van der Waals surface area contributed by atoms with Gasteiger partial charge in [-0.3, -0.25) is 9.59 Å². The van der Waals surface area contributed by atoms with Crippen LogP contribution in [0, 0.1) is 5.92 Å². The smallest absolute Gasteiger partial charge is 0.254 e. The van der Waals surface area contributed by atoms with Crippen LogP contribution in [0.1, 0.15) is 67.8 Å². The Kier molecular flexibility index (Phi) is 8.11. The van der Waals surface area contributed by atoms with Crippen molar-refractivity contribution in [3.63, 3.8) is 0 Å². The maximum absolute atomic E-state index is 12.9. The van der Waals surface area contributed by atoms with E-state index in [0.717, 1.165) is 57.1 Å². The van der Waals surface area contributed by atoms with Crippen molar-refractivity contribution < 1.29 is 9.59 Å². The van der Waals surface area contributed by atoms with Crippen LogP contribution in [-0.4, -0.2) is 35.3 Å². The summed E-state index contributed by atoms with van der Waals surface area (Å²) in [5, 5.41) is 3.02. The molecule has 150 valence electrons. The molecule has 0 aromatic heterocycles. The van der Waals surface area contributed by atoms with Gasteiger partial charge < -0.3 is 16.0 Å². The second-order valence-corrected chi connectivity index (χ2v) is 7.82. The summed E-state index contributed by atoms with van der Waals surface area (Å²) in [7, 11) is 0. The van der Waals surface area contributed by atoms with Gasteiger partial charge in [-0.15, -0.1) is 12.4 Å². The molecule has 1 saturated carbocycles. The maximum Gasteiger partial charge on any atom is 0.254 e. The first-order valence-corrected chi connectivity index (χ1v) is 9.99. The Bertz CT molecular complexity index is 627. The van der Waals surface area contributed by atoms with Crippen molar-refractivity contribution >= 4 is 24.2 Å². The monoisotopic (exact) mass is 393 g/mol. The van der Waals surface area contributed by atoms with Gasteiger partial charge in [0.15, 0.2) is 0 Å². The first-order chi connectivity index (χ1) is 12.6. The summed E-state index contributed by atoms with van der Waals surface area (Å²) in [4.78, 5) is 26.9. The highest BCUT2D eigenvalue weighted by molar-refractivity contribution is 5.94. The van der Waals surface area contributed by atoms with E-state index in [1.54, 1.807) is 0 Å². The van der Waals surface area contributed by atoms with Crippen LogP contribution in [0.3, 0.4) is 0 Å². The van der Waals surface area contributed by atoms with Crippen molar-refractivity contribution in [3.8, 4) is 0 Å². The van der Waals surface area contributed by atoms with Crippen LogP contribution in [0.15, 0.2) is 24.3 Å². The van der Waals surface area contributed by atoms with E-state index in [9.17, 15) is 9.59 Å². The van der Waals surface area contributed by atoms with Gasteiger partial charge in [0.1, 0.15) is 0 Å². The fraction of sp³-hybridized carbons (Fsp3) is 0.619. The van der Waals surface area contributed by atoms with E-state index in [2.05, 4.69) is 5.32 Å². The lowest BCUT2D eigenvalue weighted by molar-refractivity contribution is -0.124. The molecule has 1 heterocycles. The molecule has 6 heteroatoms. The number of likely N-dealkylation sites (tertiary alicyclic amines) is 1. The summed E-state index contributed by atoms with van der Waals surface area (Å²) in [6.07, 6.45) is 7.50. The largest absolute Gasteiger partial charge is 0.352 e. The number of nitrogens with one attached hydrogen (secondary N) is 1. The molecule has 2 aliphatic rings. The van der Waals surface area contributed by atoms with Crippen LogP contribution in [0.25, 0.3) is 0 Å². The Morgan fingerprint density at radius 2 is 1.74 bits per heavy atom. The number of hydrogen-bond donors (Lipinski definition) is 2. The van der Waals surface area contributed by atoms with Gasteiger partial charge in [-0.05, 0) is 56.7 Å². The molecule has 27 heavy (non-hydrogen) atoms. The zero-order chi connectivity index (χ0) is 18.5. The predicted octanol–water partition coefficient (Wildman–Crippen LogP) is 3.26. The molecule has 2 atom stereocenters. The van der Waals surface area contributed by atoms with Crippen LogP contribution in [0.2, 0.25) is 0 Å². The van der Waals surface area contributed by atoms with Gasteiger partial charge in [0.2, 0.25) is 5.91 Å². The number of carbonyl (C=O) groups excluding carboxylic acids is 2. The lowest BCUT2D eigenvalue weighted by Gasteiger charge is -2.38. The van der Waals surface area contributed by atoms with Crippen molar-refractivity contribution in [2.45, 2.75) is 70.5 Å². The fourth-order valence-electron chi connectivity index (χ4n) is 4.21. The molecule has 0 radical (unpaired) electrons. The molecule has 3 rings (SSSR count). The quantitative estimate of drug-likeness (QED) is 0.806. The summed E-state index contributed by atoms with van der Waals surface area (Å²) in [5.41, 5.74) is 7.80. The summed E-state index contributed by atoms with van der Waals surface area (Å²) < 4.78 is 0. The third-order valence-electron chi connectivity index (χ3n) is 5.81. The summed E-state index contributed by atoms with van der Waals surface area (Å²) >= 11 is 0. The van der Waals surface area contributed by atoms with Gasteiger partial charge in [0.25, 0.3) is 5.91 Å². The third-order valence-corrected chi connectivity index (χ3v) is 5.81. The Balaban J connectivity index is 0.00000261. The molecule has 1 saturated heterocycles. The Labute approximate surface area is 168 Å². The number of carbonyl (C=O) groups is 2. The van der Waals surface area contributed by atoms with Gasteiger partial charge in [-0.25, -0.2) is 0 Å². The van der Waals surface area contributed by atoms with Crippen LogP contribution >= 0.6 is 12.4 Å². The van der Waals surface area contributed by atoms with Crippen LogP contribution < -0.4 is 11.1 Å². The molecule has 0 spiro atoms. The van der Waals surface area contributed by atoms with E-state index >= 15 is 0 Å². The average Bonchev–Trinajstić information content (AvgIpc) is 3.21. The third kappa shape index (κ3) is 5.45. The zero-order valence-corrected chi connectivity index (χ0v) is 17.0. The van der Waals surface area contributed by atoms with Gasteiger partial charge in [-0.1, -0.05) is 25.0 Å². The van der Waals surface area contributed by atoms with Crippen molar-refractivity contribution in [2.75, 3.05) is 6.54 Å². The minimum Gasteiger partial charge on any atom is -0.352 e. The molecular formula is C21H32ClN3O2. The topological polar surface area (TPSA) is 75.4 Å². The Morgan fingerprint density at radius 3 is 2.37 bits per heavy atom. The summed E-state index contributed by atoms with van der Waals surface area (Å²) in [6, 6.07) is 7.73. The molecule has 1 aliphatic carbocycles. The first-order valence-electron chi connectivity index (χ1n) is 9.99. The van der Waals surface area contributed by atoms with Gasteiger partial charge in [0, 0.05) is 36.7 Å². The highest BCUT2D eigenvalue weighted by Crippen LogP contribution is 2.25. The molecule has 3 N–H and O–H groups in total. The predicted molar refractivity (Wildman–Crippen MR) is 110 cm³/mol. The molecule has 2 fully saturated rings. The fourth-order valence-corrected chi connectivity index (χ4v) is 4.21. The summed E-state index contributed by atoms with van der Waals surface area (Å²) in [5.74, 6) is 0.412. The second-order valence-electron chi connectivity index (χ2n) is 7.82. The van der Waals surface area contributed by atoms with Gasteiger partial charge in [0.05, 0.1) is 0 Å². The maximum atomic E-state index is 12.9. The van der Waals surface area contributed by atoms with Gasteiger partial charge in [-0.2, -0.15) is 0 Å². The van der Waals surface area contributed by atoms with Gasteiger partial charge >= 0.3 is 0 Å². The number of nitrogens with zero attached hydrogens (tertiary/aromatic N) is 1. The van der Waals surface area contributed by atoms with Crippen LogP contribution in [0.5, 0.6) is 0 Å². The lowest BCUT2D eigenvalue weighted by Crippen LogP contribution is -2.51. The van der Waals surface area contributed by atoms with E-state index in [1.165, 1.54) is 0 Å². The van der Waals surface area contributed by atoms with E-state index in [-0.39, 0.29) is 42.2 Å². The van der Waals surface area contributed by atoms with E-state index in [0.29, 0.717) is 12.1 Å². The molecule has 2 amide bonds. The number of piperidine rings is 1. The van der Waals surface area contributed by atoms with Crippen molar-refractivity contribution in [3.05, 3.63) is 35.4 Å². The summed E-state index contributed by atoms with van der Waals surface area (Å²) in [6.45, 7) is 3.28. The molecule has 2 unspecified atom stereocenters. The van der Waals surface area contributed by atoms with Crippen molar-refractivity contribution in [1.29, 1.82) is 0 Å². The van der Waals surface area contributed by atoms with Crippen molar-refractivity contribution in [2.24, 2.45) is 11.7 Å². The number of halogens is 1. The minimum atomic E-state index is -0.00989. The Hall–Kier alpha value is -1.59. The molecular weight excluding hydrogens is 362 g/mol. The lowest BCUT2D eigenvalue weighted by atomic mass is 9.96. The number of benzene rings is 1. The number of amides is 2. The zero-order valence-electron chi connectivity index (χ0n) is 16.2. The standard InChI is InChI=1S/C21H31N3O2.ClH/c1-15(22)19-8-4-5-13-24(19)21(26)18-11-9-16(10-12-18)14-23-20(25)17-6-2-3-7-17;/h9-12,15,17,19H,2-8,13-14,22H2,1H3,(H,23,25);1H. The molecule has 5 nitrogen and oxygen atoms in total. The molecule has 1 aromatic rings. The highest BCUT2D eigenvalue weighted by atomic mass is 35.5. The van der Waals surface area contributed by atoms with E-state index in [4.69, 9.17) is 5.73 Å². The van der Waals surface area contributed by atoms with Crippen LogP contribution in [-0.2, 0) is 11.3 Å². The van der Waals surface area contributed by atoms with Crippen molar-refractivity contribution in [1.82, 2.24) is 10.2 Å². The average molecular weight is 394 g/mol. The molecule has 1 aromatic carbocycles. The molecule has 0 bridgehead atoms. The highest BCUT2D eigenvalue weighted by Gasteiger charge is 2.29. The SMILES string of the molecule is CC(N)C1CCCCN1C(=O)c1ccc(CNC(=O)C2CCCC2)cc1.Cl. The normalized spacial score (nSPS) is 21.4. The Morgan fingerprint density at radius 1 is 1.11 bits per heavy atom. The number of hydrogen-bond acceptors (Lipinski definition) is 3. The van der Waals surface area contributed by atoms with E-state index in [1.807, 2.05) is 36.1 Å². The first kappa shape index (κ1) is 21.7.